The molecular weight excluding hydrogens is 197 g/mol. The standard InChI is InChI=1S/C7H9F3Si2/c8-7(9,10)5-2-1-3-6(4-5)12-11/h1-4H,12H2,11H3. The zero-order valence-corrected chi connectivity index (χ0v) is 10.1. The van der Waals surface area contributed by atoms with Gasteiger partial charge < -0.3 is 0 Å². The predicted molar refractivity (Wildman–Crippen MR) is 49.6 cm³/mol. The Morgan fingerprint density at radius 2 is 1.92 bits per heavy atom. The third-order valence-corrected chi connectivity index (χ3v) is 5.37. The molecule has 0 radical (unpaired) electrons. The Labute approximate surface area is 73.8 Å². The van der Waals surface area contributed by atoms with E-state index in [1.807, 2.05) is 0 Å². The fraction of sp³-hybridized carbons (Fsp3) is 0.143. The van der Waals surface area contributed by atoms with Gasteiger partial charge in [0, 0.05) is 9.04 Å². The maximum Gasteiger partial charge on any atom is 0.416 e. The molecule has 0 unspecified atom stereocenters. The van der Waals surface area contributed by atoms with Gasteiger partial charge in [0.05, 0.1) is 5.56 Å². The largest absolute Gasteiger partial charge is 0.416 e. The van der Waals surface area contributed by atoms with E-state index in [1.165, 1.54) is 12.1 Å². The molecule has 0 bridgehead atoms. The molecule has 1 aromatic rings. The second-order valence-electron chi connectivity index (χ2n) is 2.55. The van der Waals surface area contributed by atoms with Gasteiger partial charge in [-0.3, -0.25) is 0 Å². The van der Waals surface area contributed by atoms with Gasteiger partial charge in [0.15, 0.2) is 0 Å². The van der Waals surface area contributed by atoms with Gasteiger partial charge in [-0.25, -0.2) is 0 Å². The van der Waals surface area contributed by atoms with Crippen LogP contribution in [0.25, 0.3) is 0 Å². The molecule has 0 amide bonds. The van der Waals surface area contributed by atoms with Crippen LogP contribution in [0.2, 0.25) is 0 Å². The molecular formula is C7H9F3Si2. The van der Waals surface area contributed by atoms with Crippen LogP contribution < -0.4 is 5.19 Å². The van der Waals surface area contributed by atoms with Gasteiger partial charge in [-0.1, -0.05) is 29.5 Å². The van der Waals surface area contributed by atoms with Gasteiger partial charge in [-0.2, -0.15) is 13.2 Å². The lowest BCUT2D eigenvalue weighted by Gasteiger charge is -2.06. The molecule has 0 heterocycles. The Morgan fingerprint density at radius 3 is 2.42 bits per heavy atom. The first-order valence-electron chi connectivity index (χ1n) is 3.70. The van der Waals surface area contributed by atoms with Crippen LogP contribution in [-0.4, -0.2) is 18.8 Å². The van der Waals surface area contributed by atoms with Crippen LogP contribution in [0.15, 0.2) is 24.3 Å². The lowest BCUT2D eigenvalue weighted by atomic mass is 10.2. The van der Waals surface area contributed by atoms with Crippen molar-refractivity contribution in [2.45, 2.75) is 6.18 Å². The van der Waals surface area contributed by atoms with Crippen LogP contribution in [0.4, 0.5) is 13.2 Å². The van der Waals surface area contributed by atoms with E-state index < -0.39 is 11.7 Å². The van der Waals surface area contributed by atoms with E-state index in [2.05, 4.69) is 0 Å². The average Bonchev–Trinajstić information content (AvgIpc) is 2.03. The monoisotopic (exact) mass is 206 g/mol. The minimum atomic E-state index is -4.18. The van der Waals surface area contributed by atoms with Crippen molar-refractivity contribution in [3.8, 4) is 0 Å². The highest BCUT2D eigenvalue weighted by Gasteiger charge is 2.29. The highest BCUT2D eigenvalue weighted by atomic mass is 29.1. The second kappa shape index (κ2) is 3.44. The molecule has 12 heavy (non-hydrogen) atoms. The summed E-state index contributed by atoms with van der Waals surface area (Å²) in [5.74, 6) is 0. The molecule has 0 saturated carbocycles. The van der Waals surface area contributed by atoms with Crippen LogP contribution in [0.5, 0.6) is 0 Å². The summed E-state index contributed by atoms with van der Waals surface area (Å²) >= 11 is 0. The molecule has 0 atom stereocenters. The fourth-order valence-corrected chi connectivity index (χ4v) is 3.08. The number of hydrogen-bond acceptors (Lipinski definition) is 0. The van der Waals surface area contributed by atoms with Crippen molar-refractivity contribution in [3.63, 3.8) is 0 Å². The van der Waals surface area contributed by atoms with Crippen molar-refractivity contribution in [2.24, 2.45) is 0 Å². The summed E-state index contributed by atoms with van der Waals surface area (Å²) in [7, 11) is 0.684. The number of alkyl halides is 3. The SMILES string of the molecule is FC(F)(F)c1cccc([SiH2][SiH3])c1. The molecule has 0 aliphatic rings. The quantitative estimate of drug-likeness (QED) is 0.557. The normalized spacial score (nSPS) is 12.9. The van der Waals surface area contributed by atoms with Gasteiger partial charge in [-0.05, 0) is 9.76 Å². The van der Waals surface area contributed by atoms with Crippen LogP contribution in [0.3, 0.4) is 0 Å². The molecule has 0 spiro atoms. The maximum absolute atomic E-state index is 12.1. The topological polar surface area (TPSA) is 0 Å². The summed E-state index contributed by atoms with van der Waals surface area (Å²) in [6.07, 6.45) is -4.18. The fourth-order valence-electron chi connectivity index (χ4n) is 0.968. The summed E-state index contributed by atoms with van der Waals surface area (Å²) in [5.41, 5.74) is -0.511. The molecule has 0 aromatic heterocycles. The average molecular weight is 206 g/mol. The smallest absolute Gasteiger partial charge is 0.166 e. The van der Waals surface area contributed by atoms with E-state index in [1.54, 1.807) is 6.07 Å². The maximum atomic E-state index is 12.1. The second-order valence-corrected chi connectivity index (χ2v) is 6.20. The minimum Gasteiger partial charge on any atom is -0.166 e. The summed E-state index contributed by atoms with van der Waals surface area (Å²) in [4.78, 5) is 0. The van der Waals surface area contributed by atoms with Crippen molar-refractivity contribution in [2.75, 3.05) is 0 Å². The van der Waals surface area contributed by atoms with E-state index in [9.17, 15) is 13.2 Å². The number of halogens is 3. The summed E-state index contributed by atoms with van der Waals surface area (Å²) in [6, 6.07) is 5.67. The van der Waals surface area contributed by atoms with Gasteiger partial charge in [0.25, 0.3) is 0 Å². The molecule has 0 aliphatic heterocycles. The lowest BCUT2D eigenvalue weighted by Crippen LogP contribution is -2.17. The van der Waals surface area contributed by atoms with Crippen LogP contribution in [0.1, 0.15) is 5.56 Å². The first kappa shape index (κ1) is 9.53. The van der Waals surface area contributed by atoms with Crippen molar-refractivity contribution < 1.29 is 13.2 Å². The zero-order valence-electron chi connectivity index (χ0n) is 6.65. The highest BCUT2D eigenvalue weighted by molar-refractivity contribution is 6.97. The molecule has 1 rings (SSSR count). The third-order valence-electron chi connectivity index (χ3n) is 1.66. The molecule has 5 heteroatoms. The summed E-state index contributed by atoms with van der Waals surface area (Å²) < 4.78 is 36.4. The molecule has 0 fully saturated rings. The Bertz CT molecular complexity index is 270. The third kappa shape index (κ3) is 2.21. The van der Waals surface area contributed by atoms with Gasteiger partial charge in [0.2, 0.25) is 0 Å². The van der Waals surface area contributed by atoms with Gasteiger partial charge >= 0.3 is 6.18 Å². The van der Waals surface area contributed by atoms with Gasteiger partial charge in [0.1, 0.15) is 0 Å². The van der Waals surface area contributed by atoms with E-state index in [0.717, 1.165) is 21.0 Å². The Balaban J connectivity index is 3.02. The first-order valence-corrected chi connectivity index (χ1v) is 10.1. The summed E-state index contributed by atoms with van der Waals surface area (Å²) in [5, 5.41) is 0.913. The van der Waals surface area contributed by atoms with E-state index in [-0.39, 0.29) is 9.04 Å². The predicted octanol–water partition coefficient (Wildman–Crippen LogP) is -0.220. The molecule has 0 aliphatic carbocycles. The number of rotatable bonds is 1. The van der Waals surface area contributed by atoms with E-state index in [4.69, 9.17) is 0 Å². The first-order chi connectivity index (χ1) is 5.54. The molecule has 0 saturated heterocycles. The molecule has 1 aromatic carbocycles. The van der Waals surface area contributed by atoms with E-state index in [0.29, 0.717) is 0 Å². The van der Waals surface area contributed by atoms with Crippen LogP contribution in [0, 0.1) is 0 Å². The highest BCUT2D eigenvalue weighted by Crippen LogP contribution is 2.27. The van der Waals surface area contributed by atoms with E-state index >= 15 is 0 Å². The minimum absolute atomic E-state index is 0.349. The number of hydrogen-bond donors (Lipinski definition) is 0. The van der Waals surface area contributed by atoms with Crippen molar-refractivity contribution in [1.82, 2.24) is 0 Å². The van der Waals surface area contributed by atoms with Crippen molar-refractivity contribution in [1.29, 1.82) is 0 Å². The Hall–Kier alpha value is -0.556. The Morgan fingerprint density at radius 1 is 1.25 bits per heavy atom. The Kier molecular flexibility index (Phi) is 2.74. The van der Waals surface area contributed by atoms with Gasteiger partial charge in [-0.15, -0.1) is 0 Å². The lowest BCUT2D eigenvalue weighted by molar-refractivity contribution is -0.137. The van der Waals surface area contributed by atoms with Crippen molar-refractivity contribution in [3.05, 3.63) is 29.8 Å². The van der Waals surface area contributed by atoms with Crippen LogP contribution >= 0.6 is 0 Å². The zero-order chi connectivity index (χ0) is 9.19. The summed E-state index contributed by atoms with van der Waals surface area (Å²) in [6.45, 7) is 0. The number of benzene rings is 1. The van der Waals surface area contributed by atoms with Crippen molar-refractivity contribution >= 4 is 24.0 Å². The molecule has 0 nitrogen and oxygen atoms in total. The van der Waals surface area contributed by atoms with Crippen LogP contribution in [-0.2, 0) is 6.18 Å². The molecule has 66 valence electrons. The molecule has 0 N–H and O–H groups in total.